The second kappa shape index (κ2) is 7.56. The number of ether oxygens (including phenoxy) is 2. The van der Waals surface area contributed by atoms with E-state index in [0.717, 1.165) is 0 Å². The number of para-hydroxylation sites is 1. The molecule has 0 aliphatic rings. The van der Waals surface area contributed by atoms with Crippen LogP contribution in [0.4, 0.5) is 4.39 Å². The summed E-state index contributed by atoms with van der Waals surface area (Å²) in [6.45, 7) is 0.233. The second-order valence-corrected chi connectivity index (χ2v) is 4.69. The Morgan fingerprint density at radius 1 is 1.18 bits per heavy atom. The van der Waals surface area contributed by atoms with Crippen LogP contribution >= 0.6 is 0 Å². The van der Waals surface area contributed by atoms with Gasteiger partial charge >= 0.3 is 0 Å². The highest BCUT2D eigenvalue weighted by atomic mass is 19.1. The fourth-order valence-electron chi connectivity index (χ4n) is 2.16. The summed E-state index contributed by atoms with van der Waals surface area (Å²) >= 11 is 0. The van der Waals surface area contributed by atoms with Crippen LogP contribution in [-0.2, 0) is 4.74 Å². The molecule has 5 heteroatoms. The maximum absolute atomic E-state index is 13.3. The van der Waals surface area contributed by atoms with E-state index >= 15 is 0 Å². The molecule has 0 heterocycles. The Morgan fingerprint density at radius 3 is 2.64 bits per heavy atom. The van der Waals surface area contributed by atoms with Gasteiger partial charge in [-0.25, -0.2) is 4.39 Å². The van der Waals surface area contributed by atoms with Crippen molar-refractivity contribution < 1.29 is 18.7 Å². The van der Waals surface area contributed by atoms with E-state index in [4.69, 9.17) is 9.47 Å². The molecule has 0 bridgehead atoms. The van der Waals surface area contributed by atoms with E-state index in [1.54, 1.807) is 36.4 Å². The molecule has 4 nitrogen and oxygen atoms in total. The van der Waals surface area contributed by atoms with Gasteiger partial charge in [-0.15, -0.1) is 0 Å². The van der Waals surface area contributed by atoms with Crippen LogP contribution in [-0.4, -0.2) is 26.7 Å². The minimum absolute atomic E-state index is 0.233. The van der Waals surface area contributed by atoms with E-state index in [9.17, 15) is 9.18 Å². The summed E-state index contributed by atoms with van der Waals surface area (Å²) < 4.78 is 23.7. The molecule has 0 spiro atoms. The summed E-state index contributed by atoms with van der Waals surface area (Å²) in [5.41, 5.74) is 1.11. The normalized spacial score (nSPS) is 11.8. The highest BCUT2D eigenvalue weighted by Gasteiger charge is 2.15. The molecule has 2 aromatic rings. The van der Waals surface area contributed by atoms with Crippen molar-refractivity contribution in [3.63, 3.8) is 0 Å². The highest BCUT2D eigenvalue weighted by molar-refractivity contribution is 5.96. The molecule has 0 fully saturated rings. The van der Waals surface area contributed by atoms with Gasteiger partial charge in [-0.2, -0.15) is 0 Å². The van der Waals surface area contributed by atoms with Gasteiger partial charge in [-0.05, 0) is 29.8 Å². The molecule has 1 amide bonds. The number of amides is 1. The maximum Gasteiger partial charge on any atom is 0.255 e. The maximum atomic E-state index is 13.3. The molecule has 1 N–H and O–H groups in total. The molecule has 0 aromatic heterocycles. The Kier molecular flexibility index (Phi) is 5.49. The number of rotatable bonds is 6. The smallest absolute Gasteiger partial charge is 0.255 e. The number of benzene rings is 2. The number of methoxy groups -OCH3 is 2. The van der Waals surface area contributed by atoms with E-state index in [1.807, 2.05) is 0 Å². The van der Waals surface area contributed by atoms with Gasteiger partial charge in [0.1, 0.15) is 11.6 Å². The molecule has 0 aliphatic carbocycles. The zero-order chi connectivity index (χ0) is 15.9. The van der Waals surface area contributed by atoms with Crippen molar-refractivity contribution in [3.8, 4) is 5.75 Å². The summed E-state index contributed by atoms with van der Waals surface area (Å²) in [6.07, 6.45) is -0.422. The first-order chi connectivity index (χ1) is 10.7. The Labute approximate surface area is 128 Å². The minimum Gasteiger partial charge on any atom is -0.496 e. The zero-order valence-electron chi connectivity index (χ0n) is 12.5. The van der Waals surface area contributed by atoms with Crippen LogP contribution in [0.25, 0.3) is 0 Å². The fourth-order valence-corrected chi connectivity index (χ4v) is 2.16. The van der Waals surface area contributed by atoms with Gasteiger partial charge in [-0.1, -0.05) is 24.3 Å². The van der Waals surface area contributed by atoms with E-state index in [0.29, 0.717) is 16.9 Å². The number of carbonyl (C=O) groups excluding carboxylic acids is 1. The largest absolute Gasteiger partial charge is 0.496 e. The second-order valence-electron chi connectivity index (χ2n) is 4.69. The summed E-state index contributed by atoms with van der Waals surface area (Å²) in [6, 6.07) is 13.1. The lowest BCUT2D eigenvalue weighted by atomic mass is 10.1. The fraction of sp³-hybridized carbons (Fsp3) is 0.235. The first-order valence-corrected chi connectivity index (χ1v) is 6.85. The molecule has 2 aromatic carbocycles. The lowest BCUT2D eigenvalue weighted by Crippen LogP contribution is -2.29. The van der Waals surface area contributed by atoms with Crippen molar-refractivity contribution in [2.45, 2.75) is 6.10 Å². The predicted octanol–water partition coefficient (Wildman–Crippen LogP) is 2.95. The Balaban J connectivity index is 2.06. The van der Waals surface area contributed by atoms with E-state index in [-0.39, 0.29) is 18.3 Å². The first kappa shape index (κ1) is 16.0. The topological polar surface area (TPSA) is 47.6 Å². The van der Waals surface area contributed by atoms with Gasteiger partial charge in [0, 0.05) is 13.7 Å². The van der Waals surface area contributed by atoms with Gasteiger partial charge in [0.25, 0.3) is 5.91 Å². The van der Waals surface area contributed by atoms with E-state index in [1.165, 1.54) is 26.4 Å². The quantitative estimate of drug-likeness (QED) is 0.892. The average Bonchev–Trinajstić information content (AvgIpc) is 2.55. The van der Waals surface area contributed by atoms with Crippen LogP contribution < -0.4 is 10.1 Å². The lowest BCUT2D eigenvalue weighted by Gasteiger charge is -2.17. The SMILES string of the molecule is COc1ccccc1C(=O)NCC(OC)c1cccc(F)c1. The lowest BCUT2D eigenvalue weighted by molar-refractivity contribution is 0.0825. The zero-order valence-corrected chi connectivity index (χ0v) is 12.5. The van der Waals surface area contributed by atoms with Gasteiger partial charge < -0.3 is 14.8 Å². The number of carbonyl (C=O) groups is 1. The predicted molar refractivity (Wildman–Crippen MR) is 81.5 cm³/mol. The van der Waals surface area contributed by atoms with Crippen LogP contribution in [0.5, 0.6) is 5.75 Å². The third-order valence-electron chi connectivity index (χ3n) is 3.30. The Morgan fingerprint density at radius 2 is 1.95 bits per heavy atom. The molecule has 2 rings (SSSR count). The van der Waals surface area contributed by atoms with E-state index in [2.05, 4.69) is 5.32 Å². The highest BCUT2D eigenvalue weighted by Crippen LogP contribution is 2.19. The molecular formula is C17H18FNO3. The third-order valence-corrected chi connectivity index (χ3v) is 3.30. The molecule has 0 aliphatic heterocycles. The number of hydrogen-bond donors (Lipinski definition) is 1. The molecular weight excluding hydrogens is 285 g/mol. The minimum atomic E-state index is -0.422. The van der Waals surface area contributed by atoms with Crippen molar-refractivity contribution >= 4 is 5.91 Å². The van der Waals surface area contributed by atoms with Gasteiger partial charge in [-0.3, -0.25) is 4.79 Å². The standard InChI is InChI=1S/C17H18FNO3/c1-21-15-9-4-3-8-14(15)17(20)19-11-16(22-2)12-6-5-7-13(18)10-12/h3-10,16H,11H2,1-2H3,(H,19,20). The van der Waals surface area contributed by atoms with Crippen LogP contribution in [0.2, 0.25) is 0 Å². The van der Waals surface area contributed by atoms with Crippen molar-refractivity contribution in [3.05, 3.63) is 65.5 Å². The Hall–Kier alpha value is -2.40. The summed E-state index contributed by atoms with van der Waals surface area (Å²) in [5.74, 6) is -0.105. The van der Waals surface area contributed by atoms with Crippen LogP contribution in [0, 0.1) is 5.82 Å². The number of hydrogen-bond acceptors (Lipinski definition) is 3. The van der Waals surface area contributed by atoms with Crippen LogP contribution in [0.3, 0.4) is 0 Å². The summed E-state index contributed by atoms with van der Waals surface area (Å²) in [7, 11) is 3.03. The van der Waals surface area contributed by atoms with Crippen molar-refractivity contribution in [2.24, 2.45) is 0 Å². The monoisotopic (exact) mass is 303 g/mol. The van der Waals surface area contributed by atoms with Crippen LogP contribution in [0.15, 0.2) is 48.5 Å². The van der Waals surface area contributed by atoms with Gasteiger partial charge in [0.05, 0.1) is 18.8 Å². The molecule has 0 saturated heterocycles. The van der Waals surface area contributed by atoms with Crippen molar-refractivity contribution in [2.75, 3.05) is 20.8 Å². The number of halogens is 1. The summed E-state index contributed by atoms with van der Waals surface area (Å²) in [5, 5.41) is 2.78. The van der Waals surface area contributed by atoms with E-state index < -0.39 is 6.10 Å². The number of nitrogens with one attached hydrogen (secondary N) is 1. The van der Waals surface area contributed by atoms with Crippen molar-refractivity contribution in [1.82, 2.24) is 5.32 Å². The Bertz CT molecular complexity index is 645. The molecule has 0 saturated carbocycles. The van der Waals surface area contributed by atoms with Crippen LogP contribution in [0.1, 0.15) is 22.0 Å². The molecule has 0 radical (unpaired) electrons. The molecule has 22 heavy (non-hydrogen) atoms. The third kappa shape index (κ3) is 3.83. The molecule has 116 valence electrons. The van der Waals surface area contributed by atoms with Gasteiger partial charge in [0.15, 0.2) is 0 Å². The van der Waals surface area contributed by atoms with Crippen molar-refractivity contribution in [1.29, 1.82) is 0 Å². The van der Waals surface area contributed by atoms with Gasteiger partial charge in [0.2, 0.25) is 0 Å². The average molecular weight is 303 g/mol. The molecule has 1 atom stereocenters. The summed E-state index contributed by atoms with van der Waals surface area (Å²) in [4.78, 5) is 12.2. The molecule has 1 unspecified atom stereocenters. The first-order valence-electron chi connectivity index (χ1n) is 6.85.